The van der Waals surface area contributed by atoms with Crippen LogP contribution in [0.15, 0.2) is 0 Å². The summed E-state index contributed by atoms with van der Waals surface area (Å²) in [7, 11) is 0. The van der Waals surface area contributed by atoms with Crippen LogP contribution in [0.2, 0.25) is 0 Å². The zero-order chi connectivity index (χ0) is 10.1. The van der Waals surface area contributed by atoms with Gasteiger partial charge >= 0.3 is 6.09 Å². The molecule has 0 saturated carbocycles. The van der Waals surface area contributed by atoms with Crippen LogP contribution >= 0.6 is 0 Å². The number of amides is 2. The second-order valence-electron chi connectivity index (χ2n) is 3.57. The number of carbonyl (C=O) groups excluding carboxylic acids is 1. The Hall–Kier alpha value is -1.30. The Morgan fingerprint density at radius 2 is 2.21 bits per heavy atom. The largest absolute Gasteiger partial charge is 0.465 e. The van der Waals surface area contributed by atoms with Crippen LogP contribution in [0.4, 0.5) is 4.79 Å². The molecule has 14 heavy (non-hydrogen) atoms. The monoisotopic (exact) mass is 199 g/mol. The molecule has 6 nitrogen and oxygen atoms in total. The molecule has 2 aliphatic rings. The van der Waals surface area contributed by atoms with Gasteiger partial charge in [-0.1, -0.05) is 0 Å². The first-order valence-electron chi connectivity index (χ1n) is 4.68. The molecule has 2 saturated heterocycles. The number of hydrogen-bond acceptors (Lipinski definition) is 3. The summed E-state index contributed by atoms with van der Waals surface area (Å²) in [5.74, 6) is -0.0535. The Kier molecular flexibility index (Phi) is 2.28. The molecule has 2 rings (SSSR count). The Bertz CT molecular complexity index is 269. The Morgan fingerprint density at radius 3 is 2.93 bits per heavy atom. The molecule has 0 unspecified atom stereocenters. The van der Waals surface area contributed by atoms with Crippen molar-refractivity contribution in [3.8, 4) is 0 Å². The molecular formula is C8H13N3O3. The fraction of sp³-hybridized carbons (Fsp3) is 0.750. The first kappa shape index (κ1) is 9.26. The number of hydrogen-bond donors (Lipinski definition) is 2. The van der Waals surface area contributed by atoms with E-state index < -0.39 is 6.09 Å². The molecule has 2 amide bonds. The van der Waals surface area contributed by atoms with Crippen LogP contribution in [-0.2, 0) is 4.79 Å². The van der Waals surface area contributed by atoms with E-state index in [0.717, 1.165) is 6.54 Å². The van der Waals surface area contributed by atoms with Gasteiger partial charge in [-0.2, -0.15) is 0 Å². The third-order valence-corrected chi connectivity index (χ3v) is 2.76. The maximum absolute atomic E-state index is 11.4. The number of carbonyl (C=O) groups is 2. The summed E-state index contributed by atoms with van der Waals surface area (Å²) in [5.41, 5.74) is 0. The van der Waals surface area contributed by atoms with E-state index in [9.17, 15) is 9.59 Å². The van der Waals surface area contributed by atoms with Gasteiger partial charge in [0.05, 0.1) is 0 Å². The number of piperazine rings is 2. The predicted molar refractivity (Wildman–Crippen MR) is 48.0 cm³/mol. The van der Waals surface area contributed by atoms with Gasteiger partial charge in [-0.05, 0) is 0 Å². The second-order valence-corrected chi connectivity index (χ2v) is 3.57. The molecule has 0 bridgehead atoms. The molecule has 78 valence electrons. The van der Waals surface area contributed by atoms with E-state index in [1.165, 1.54) is 4.90 Å². The standard InChI is InChI=1S/C8H13N3O3/c12-7-6-5-11(8(13)14)4-3-10(6)2-1-9-7/h6H,1-5H2,(H,9,12)(H,13,14)/t6-/m1/s1. The van der Waals surface area contributed by atoms with Crippen molar-refractivity contribution in [2.24, 2.45) is 0 Å². The summed E-state index contributed by atoms with van der Waals surface area (Å²) < 4.78 is 0. The minimum atomic E-state index is -0.942. The van der Waals surface area contributed by atoms with Gasteiger partial charge in [0.15, 0.2) is 0 Å². The van der Waals surface area contributed by atoms with Crippen molar-refractivity contribution in [3.05, 3.63) is 0 Å². The molecule has 0 radical (unpaired) electrons. The quantitative estimate of drug-likeness (QED) is 0.513. The Labute approximate surface area is 81.5 Å². The van der Waals surface area contributed by atoms with Crippen molar-refractivity contribution < 1.29 is 14.7 Å². The smallest absolute Gasteiger partial charge is 0.407 e. The van der Waals surface area contributed by atoms with Gasteiger partial charge in [0, 0.05) is 32.7 Å². The molecular weight excluding hydrogens is 186 g/mol. The SMILES string of the molecule is O=C1NCCN2CCN(C(=O)O)C[C@H]12. The van der Waals surface area contributed by atoms with Crippen LogP contribution in [0.5, 0.6) is 0 Å². The number of nitrogens with one attached hydrogen (secondary N) is 1. The minimum Gasteiger partial charge on any atom is -0.465 e. The third-order valence-electron chi connectivity index (χ3n) is 2.76. The van der Waals surface area contributed by atoms with Crippen molar-refractivity contribution in [2.75, 3.05) is 32.7 Å². The fourth-order valence-corrected chi connectivity index (χ4v) is 1.95. The van der Waals surface area contributed by atoms with Crippen LogP contribution < -0.4 is 5.32 Å². The van der Waals surface area contributed by atoms with Crippen LogP contribution in [0.3, 0.4) is 0 Å². The highest BCUT2D eigenvalue weighted by Gasteiger charge is 2.36. The van der Waals surface area contributed by atoms with Crippen molar-refractivity contribution >= 4 is 12.0 Å². The summed E-state index contributed by atoms with van der Waals surface area (Å²) in [6, 6.07) is -0.284. The molecule has 0 aromatic heterocycles. The number of fused-ring (bicyclic) bond motifs is 1. The maximum Gasteiger partial charge on any atom is 0.407 e. The van der Waals surface area contributed by atoms with Gasteiger partial charge in [-0.25, -0.2) is 4.79 Å². The van der Waals surface area contributed by atoms with Crippen molar-refractivity contribution in [2.45, 2.75) is 6.04 Å². The minimum absolute atomic E-state index is 0.0535. The highest BCUT2D eigenvalue weighted by Crippen LogP contribution is 2.12. The van der Waals surface area contributed by atoms with Gasteiger partial charge < -0.3 is 15.3 Å². The normalized spacial score (nSPS) is 28.1. The Balaban J connectivity index is 2.05. The molecule has 0 aliphatic carbocycles. The Morgan fingerprint density at radius 1 is 1.43 bits per heavy atom. The predicted octanol–water partition coefficient (Wildman–Crippen LogP) is -1.22. The molecule has 2 heterocycles. The molecule has 2 N–H and O–H groups in total. The van der Waals surface area contributed by atoms with E-state index in [1.54, 1.807) is 0 Å². The van der Waals surface area contributed by atoms with Gasteiger partial charge in [-0.3, -0.25) is 9.69 Å². The first-order chi connectivity index (χ1) is 6.68. The second kappa shape index (κ2) is 3.45. The molecule has 2 fully saturated rings. The number of nitrogens with zero attached hydrogens (tertiary/aromatic N) is 2. The lowest BCUT2D eigenvalue weighted by atomic mass is 10.1. The van der Waals surface area contributed by atoms with Gasteiger partial charge in [0.25, 0.3) is 0 Å². The third kappa shape index (κ3) is 1.52. The van der Waals surface area contributed by atoms with E-state index in [2.05, 4.69) is 5.32 Å². The zero-order valence-electron chi connectivity index (χ0n) is 7.77. The van der Waals surface area contributed by atoms with Gasteiger partial charge in [0.2, 0.25) is 5.91 Å². The van der Waals surface area contributed by atoms with Crippen LogP contribution in [-0.4, -0.2) is 65.7 Å². The van der Waals surface area contributed by atoms with Crippen molar-refractivity contribution in [3.63, 3.8) is 0 Å². The van der Waals surface area contributed by atoms with Gasteiger partial charge in [-0.15, -0.1) is 0 Å². The van der Waals surface area contributed by atoms with Gasteiger partial charge in [0.1, 0.15) is 6.04 Å². The summed E-state index contributed by atoms with van der Waals surface area (Å²) in [5, 5.41) is 11.5. The zero-order valence-corrected chi connectivity index (χ0v) is 7.77. The van der Waals surface area contributed by atoms with E-state index in [4.69, 9.17) is 5.11 Å². The summed E-state index contributed by atoms with van der Waals surface area (Å²) in [4.78, 5) is 25.5. The maximum atomic E-state index is 11.4. The molecule has 0 aromatic rings. The summed E-state index contributed by atoms with van der Waals surface area (Å²) in [6.45, 7) is 2.94. The lowest BCUT2D eigenvalue weighted by Crippen LogP contribution is -2.64. The molecule has 0 aromatic carbocycles. The molecule has 1 atom stereocenters. The van der Waals surface area contributed by atoms with E-state index in [-0.39, 0.29) is 11.9 Å². The van der Waals surface area contributed by atoms with Crippen LogP contribution in [0.1, 0.15) is 0 Å². The van der Waals surface area contributed by atoms with Crippen molar-refractivity contribution in [1.29, 1.82) is 0 Å². The number of rotatable bonds is 0. The fourth-order valence-electron chi connectivity index (χ4n) is 1.95. The molecule has 6 heteroatoms. The lowest BCUT2D eigenvalue weighted by Gasteiger charge is -2.41. The van der Waals surface area contributed by atoms with Crippen LogP contribution in [0.25, 0.3) is 0 Å². The number of carboxylic acid groups (broad SMARTS) is 1. The van der Waals surface area contributed by atoms with Crippen LogP contribution in [0, 0.1) is 0 Å². The topological polar surface area (TPSA) is 72.9 Å². The van der Waals surface area contributed by atoms with Crippen molar-refractivity contribution in [1.82, 2.24) is 15.1 Å². The van der Waals surface area contributed by atoms with E-state index in [1.807, 2.05) is 4.90 Å². The van der Waals surface area contributed by atoms with E-state index in [0.29, 0.717) is 26.2 Å². The average molecular weight is 199 g/mol. The lowest BCUT2D eigenvalue weighted by molar-refractivity contribution is -0.131. The molecule has 2 aliphatic heterocycles. The highest BCUT2D eigenvalue weighted by molar-refractivity contribution is 5.83. The first-order valence-corrected chi connectivity index (χ1v) is 4.68. The summed E-state index contributed by atoms with van der Waals surface area (Å²) in [6.07, 6.45) is -0.942. The highest BCUT2D eigenvalue weighted by atomic mass is 16.4. The van der Waals surface area contributed by atoms with E-state index >= 15 is 0 Å². The molecule has 0 spiro atoms. The summed E-state index contributed by atoms with van der Waals surface area (Å²) >= 11 is 0. The average Bonchev–Trinajstić information content (AvgIpc) is 2.18.